The van der Waals surface area contributed by atoms with Crippen molar-refractivity contribution in [2.45, 2.75) is 290 Å². The fourth-order valence-electron chi connectivity index (χ4n) is 8.56. The van der Waals surface area contributed by atoms with Crippen LogP contribution in [0.3, 0.4) is 0 Å². The molecule has 0 fully saturated rings. The van der Waals surface area contributed by atoms with E-state index in [0.29, 0.717) is 19.3 Å². The van der Waals surface area contributed by atoms with Crippen LogP contribution in [-0.4, -0.2) is 37.2 Å². The highest BCUT2D eigenvalue weighted by molar-refractivity contribution is 5.71. The van der Waals surface area contributed by atoms with E-state index in [2.05, 4.69) is 142 Å². The van der Waals surface area contributed by atoms with Gasteiger partial charge < -0.3 is 14.2 Å². The van der Waals surface area contributed by atoms with Crippen molar-refractivity contribution < 1.29 is 28.6 Å². The molecule has 76 heavy (non-hydrogen) atoms. The molecule has 0 aromatic rings. The Morgan fingerprint density at radius 3 is 0.803 bits per heavy atom. The lowest BCUT2D eigenvalue weighted by molar-refractivity contribution is -0.167. The third-order valence-electron chi connectivity index (χ3n) is 13.2. The first-order chi connectivity index (χ1) is 37.5. The van der Waals surface area contributed by atoms with Crippen molar-refractivity contribution in [2.75, 3.05) is 13.2 Å². The molecule has 1 atom stereocenters. The quantitative estimate of drug-likeness (QED) is 0.0261. The van der Waals surface area contributed by atoms with Gasteiger partial charge in [-0.25, -0.2) is 0 Å². The highest BCUT2D eigenvalue weighted by atomic mass is 16.6. The molecular weight excluding hydrogens is 937 g/mol. The van der Waals surface area contributed by atoms with Gasteiger partial charge in [0.15, 0.2) is 6.10 Å². The number of hydrogen-bond acceptors (Lipinski definition) is 6. The average molecular weight is 1050 g/mol. The van der Waals surface area contributed by atoms with Gasteiger partial charge in [0, 0.05) is 19.3 Å². The number of carbonyl (C=O) groups is 3. The molecule has 0 aliphatic carbocycles. The molecule has 0 aliphatic rings. The third kappa shape index (κ3) is 60.7. The standard InChI is InChI=1S/C70H116O6/c1-4-7-10-13-16-19-22-25-27-29-30-31-32-33-34-35-36-37-38-39-40-42-43-45-48-51-54-57-60-63-69(72)75-66-67(65-74-68(71)62-59-56-53-50-47-24-21-18-15-12-9-6-3)76-70(73)64-61-58-55-52-49-46-44-41-28-26-23-20-17-14-11-8-5-2/h7-8,10-11,16-17,19-20,25-28,30-31,33-34,36-37,44,46,67H,4-6,9,12-15,18,21-24,29,32,35,38-43,45,47-66H2,1-3H3/b10-7-,11-8-,19-16-,20-17-,27-25-,28-26-,31-30-,34-33-,37-36-,46-44-. The predicted octanol–water partition coefficient (Wildman–Crippen LogP) is 21.6. The molecule has 0 amide bonds. The maximum Gasteiger partial charge on any atom is 0.306 e. The Hall–Kier alpha value is -4.19. The van der Waals surface area contributed by atoms with Gasteiger partial charge in [-0.05, 0) is 109 Å². The van der Waals surface area contributed by atoms with Gasteiger partial charge in [-0.2, -0.15) is 0 Å². The molecule has 6 nitrogen and oxygen atoms in total. The summed E-state index contributed by atoms with van der Waals surface area (Å²) < 4.78 is 16.9. The van der Waals surface area contributed by atoms with Crippen LogP contribution in [0.15, 0.2) is 122 Å². The fourth-order valence-corrected chi connectivity index (χ4v) is 8.56. The number of hydrogen-bond donors (Lipinski definition) is 0. The third-order valence-corrected chi connectivity index (χ3v) is 13.2. The van der Waals surface area contributed by atoms with Crippen LogP contribution < -0.4 is 0 Å². The minimum atomic E-state index is -0.794. The molecule has 6 heteroatoms. The average Bonchev–Trinajstić information content (AvgIpc) is 3.42. The summed E-state index contributed by atoms with van der Waals surface area (Å²) in [7, 11) is 0. The largest absolute Gasteiger partial charge is 0.462 e. The van der Waals surface area contributed by atoms with Gasteiger partial charge in [0.1, 0.15) is 13.2 Å². The normalized spacial score (nSPS) is 12.9. The molecule has 0 N–H and O–H groups in total. The van der Waals surface area contributed by atoms with Crippen molar-refractivity contribution in [1.82, 2.24) is 0 Å². The van der Waals surface area contributed by atoms with Crippen molar-refractivity contribution in [3.63, 3.8) is 0 Å². The first kappa shape index (κ1) is 71.8. The topological polar surface area (TPSA) is 78.9 Å². The highest BCUT2D eigenvalue weighted by Gasteiger charge is 2.19. The van der Waals surface area contributed by atoms with E-state index in [1.165, 1.54) is 109 Å². The molecule has 0 rings (SSSR count). The zero-order valence-electron chi connectivity index (χ0n) is 49.5. The Morgan fingerprint density at radius 1 is 0.276 bits per heavy atom. The van der Waals surface area contributed by atoms with Gasteiger partial charge in [0.25, 0.3) is 0 Å². The molecule has 0 radical (unpaired) electrons. The van der Waals surface area contributed by atoms with Crippen LogP contribution in [0.4, 0.5) is 0 Å². The summed E-state index contributed by atoms with van der Waals surface area (Å²) in [6.45, 7) is 6.40. The zero-order valence-corrected chi connectivity index (χ0v) is 49.5. The molecule has 0 spiro atoms. The molecule has 0 aromatic heterocycles. The van der Waals surface area contributed by atoms with Crippen molar-refractivity contribution >= 4 is 17.9 Å². The summed E-state index contributed by atoms with van der Waals surface area (Å²) in [4.78, 5) is 38.2. The Bertz CT molecular complexity index is 1590. The molecule has 0 aliphatic heterocycles. The van der Waals surface area contributed by atoms with Crippen molar-refractivity contribution in [3.8, 4) is 0 Å². The lowest BCUT2D eigenvalue weighted by Crippen LogP contribution is -2.30. The minimum Gasteiger partial charge on any atom is -0.462 e. The van der Waals surface area contributed by atoms with Gasteiger partial charge >= 0.3 is 17.9 Å². The van der Waals surface area contributed by atoms with Crippen LogP contribution in [0.1, 0.15) is 284 Å². The van der Waals surface area contributed by atoms with Crippen LogP contribution in [0, 0.1) is 0 Å². The summed E-state index contributed by atoms with van der Waals surface area (Å²) in [5.41, 5.74) is 0. The molecule has 0 aromatic carbocycles. The monoisotopic (exact) mass is 1050 g/mol. The van der Waals surface area contributed by atoms with E-state index in [0.717, 1.165) is 135 Å². The van der Waals surface area contributed by atoms with Crippen LogP contribution in [0.5, 0.6) is 0 Å². The highest BCUT2D eigenvalue weighted by Crippen LogP contribution is 2.16. The van der Waals surface area contributed by atoms with Crippen molar-refractivity contribution in [3.05, 3.63) is 122 Å². The van der Waals surface area contributed by atoms with Gasteiger partial charge in [-0.15, -0.1) is 0 Å². The van der Waals surface area contributed by atoms with E-state index >= 15 is 0 Å². The van der Waals surface area contributed by atoms with E-state index < -0.39 is 6.10 Å². The molecule has 0 saturated heterocycles. The second-order valence-electron chi connectivity index (χ2n) is 20.6. The van der Waals surface area contributed by atoms with Crippen molar-refractivity contribution in [2.24, 2.45) is 0 Å². The van der Waals surface area contributed by atoms with Gasteiger partial charge in [0.05, 0.1) is 0 Å². The van der Waals surface area contributed by atoms with Gasteiger partial charge in [0.2, 0.25) is 0 Å². The lowest BCUT2D eigenvalue weighted by atomic mass is 10.0. The fraction of sp³-hybridized carbons (Fsp3) is 0.671. The Kier molecular flexibility index (Phi) is 59.9. The van der Waals surface area contributed by atoms with Crippen molar-refractivity contribution in [1.29, 1.82) is 0 Å². The molecular formula is C70H116O6. The summed E-state index contributed by atoms with van der Waals surface area (Å²) in [6, 6.07) is 0. The number of rotatable bonds is 56. The van der Waals surface area contributed by atoms with E-state index in [1.807, 2.05) is 0 Å². The zero-order chi connectivity index (χ0) is 55.0. The van der Waals surface area contributed by atoms with Crippen LogP contribution >= 0.6 is 0 Å². The summed E-state index contributed by atoms with van der Waals surface area (Å²) in [5, 5.41) is 0. The Balaban J connectivity index is 4.31. The van der Waals surface area contributed by atoms with E-state index in [-0.39, 0.29) is 31.1 Å². The predicted molar refractivity (Wildman–Crippen MR) is 330 cm³/mol. The second kappa shape index (κ2) is 63.3. The number of esters is 3. The van der Waals surface area contributed by atoms with Crippen LogP contribution in [0.25, 0.3) is 0 Å². The van der Waals surface area contributed by atoms with Crippen LogP contribution in [0.2, 0.25) is 0 Å². The maximum atomic E-state index is 12.9. The molecule has 1 unspecified atom stereocenters. The smallest absolute Gasteiger partial charge is 0.306 e. The summed E-state index contributed by atoms with van der Waals surface area (Å²) in [5.74, 6) is -0.913. The lowest BCUT2D eigenvalue weighted by Gasteiger charge is -2.18. The molecule has 0 saturated carbocycles. The Labute approximate surface area is 469 Å². The molecule has 0 heterocycles. The van der Waals surface area contributed by atoms with E-state index in [4.69, 9.17) is 14.2 Å². The first-order valence-electron chi connectivity index (χ1n) is 31.5. The van der Waals surface area contributed by atoms with Crippen LogP contribution in [-0.2, 0) is 28.6 Å². The summed E-state index contributed by atoms with van der Waals surface area (Å²) in [6.07, 6.45) is 87.7. The van der Waals surface area contributed by atoms with E-state index in [1.54, 1.807) is 0 Å². The first-order valence-corrected chi connectivity index (χ1v) is 31.5. The number of carbonyl (C=O) groups excluding carboxylic acids is 3. The number of unbranched alkanes of at least 4 members (excludes halogenated alkanes) is 25. The Morgan fingerprint density at radius 2 is 0.513 bits per heavy atom. The molecule has 0 bridgehead atoms. The second-order valence-corrected chi connectivity index (χ2v) is 20.6. The maximum absolute atomic E-state index is 12.9. The summed E-state index contributed by atoms with van der Waals surface area (Å²) >= 11 is 0. The minimum absolute atomic E-state index is 0.0888. The number of ether oxygens (including phenoxy) is 3. The van der Waals surface area contributed by atoms with Gasteiger partial charge in [-0.3, -0.25) is 14.4 Å². The SMILES string of the molecule is CC/C=C\C/C=C\C/C=C\C/C=C\C/C=C\C/C=C\CCCCCCCCCCCCC(=O)OCC(COC(=O)CCCCCCCCCCCCCC)OC(=O)CCCCCC/C=C\C/C=C\C/C=C\C/C=C\CC. The van der Waals surface area contributed by atoms with E-state index in [9.17, 15) is 14.4 Å². The molecule has 432 valence electrons. The number of allylic oxidation sites excluding steroid dienone is 20. The van der Waals surface area contributed by atoms with Gasteiger partial charge in [-0.1, -0.05) is 277 Å².